The number of fused-ring (bicyclic) bond motifs is 2. The van der Waals surface area contributed by atoms with Gasteiger partial charge in [-0.3, -0.25) is 19.3 Å². The number of nitrogens with zero attached hydrogens (tertiary/aromatic N) is 3. The molecule has 12 heteroatoms. The molecule has 2 aliphatic rings. The van der Waals surface area contributed by atoms with Crippen molar-refractivity contribution in [1.29, 1.82) is 0 Å². The van der Waals surface area contributed by atoms with E-state index >= 15 is 0 Å². The van der Waals surface area contributed by atoms with Crippen LogP contribution in [0.4, 0.5) is 5.13 Å². The lowest BCUT2D eigenvalue weighted by Crippen LogP contribution is -2.45. The molecule has 3 heterocycles. The number of anilines is 1. The van der Waals surface area contributed by atoms with E-state index in [0.717, 1.165) is 16.2 Å². The van der Waals surface area contributed by atoms with Gasteiger partial charge in [0.1, 0.15) is 6.04 Å². The standard InChI is InChI=1S/C22H20N4O6S2/c1-13(26-20(28)15-4-2-3-5-16(15)21(26)29)19(27)24-22-23-17-7-6-14(12-18(17)33-22)34(30,31)25-8-10-32-11-9-25/h2-7,12-13H,8-11H2,1H3,(H,23,24,27). The summed E-state index contributed by atoms with van der Waals surface area (Å²) >= 11 is 1.11. The average Bonchev–Trinajstić information content (AvgIpc) is 3.36. The first-order valence-corrected chi connectivity index (χ1v) is 12.8. The summed E-state index contributed by atoms with van der Waals surface area (Å²) in [5.41, 5.74) is 1.05. The molecule has 0 spiro atoms. The second-order valence-corrected chi connectivity index (χ2v) is 10.8. The van der Waals surface area contributed by atoms with E-state index in [4.69, 9.17) is 4.74 Å². The zero-order valence-corrected chi connectivity index (χ0v) is 19.7. The number of carbonyl (C=O) groups is 3. The fourth-order valence-electron chi connectivity index (χ4n) is 3.94. The predicted octanol–water partition coefficient (Wildman–Crippen LogP) is 1.94. The minimum absolute atomic E-state index is 0.141. The van der Waals surface area contributed by atoms with Gasteiger partial charge in [-0.25, -0.2) is 13.4 Å². The average molecular weight is 501 g/mol. The smallest absolute Gasteiger partial charge is 0.262 e. The van der Waals surface area contributed by atoms with Crippen molar-refractivity contribution in [2.24, 2.45) is 0 Å². The number of morpholine rings is 1. The van der Waals surface area contributed by atoms with Crippen LogP contribution in [0.1, 0.15) is 27.6 Å². The highest BCUT2D eigenvalue weighted by Crippen LogP contribution is 2.30. The number of hydrogen-bond acceptors (Lipinski definition) is 8. The van der Waals surface area contributed by atoms with Gasteiger partial charge in [-0.1, -0.05) is 23.5 Å². The van der Waals surface area contributed by atoms with Crippen molar-refractivity contribution in [1.82, 2.24) is 14.2 Å². The van der Waals surface area contributed by atoms with Crippen LogP contribution in [0.5, 0.6) is 0 Å². The van der Waals surface area contributed by atoms with E-state index in [1.165, 1.54) is 23.4 Å². The summed E-state index contributed by atoms with van der Waals surface area (Å²) in [6.45, 7) is 2.75. The van der Waals surface area contributed by atoms with Crippen molar-refractivity contribution in [3.05, 3.63) is 53.6 Å². The molecule has 1 fully saturated rings. The van der Waals surface area contributed by atoms with Gasteiger partial charge >= 0.3 is 0 Å². The number of thiazole rings is 1. The monoisotopic (exact) mass is 500 g/mol. The fourth-order valence-corrected chi connectivity index (χ4v) is 6.36. The molecule has 2 aromatic carbocycles. The molecule has 3 aromatic rings. The van der Waals surface area contributed by atoms with Crippen LogP contribution >= 0.6 is 11.3 Å². The molecule has 2 aliphatic heterocycles. The molecule has 1 saturated heterocycles. The van der Waals surface area contributed by atoms with E-state index in [1.54, 1.807) is 30.3 Å². The molecule has 1 unspecified atom stereocenters. The minimum atomic E-state index is -3.67. The molecule has 1 aromatic heterocycles. The third-order valence-corrected chi connectivity index (χ3v) is 8.62. The lowest BCUT2D eigenvalue weighted by atomic mass is 10.1. The first kappa shape index (κ1) is 22.6. The van der Waals surface area contributed by atoms with Crippen LogP contribution in [0.25, 0.3) is 10.2 Å². The van der Waals surface area contributed by atoms with Crippen molar-refractivity contribution in [3.8, 4) is 0 Å². The van der Waals surface area contributed by atoms with Gasteiger partial charge in [-0.2, -0.15) is 4.31 Å². The zero-order valence-electron chi connectivity index (χ0n) is 18.1. The summed E-state index contributed by atoms with van der Waals surface area (Å²) in [6, 6.07) is 9.96. The maximum atomic E-state index is 12.9. The van der Waals surface area contributed by atoms with Gasteiger partial charge in [0, 0.05) is 13.1 Å². The number of carbonyl (C=O) groups excluding carboxylic acids is 3. The van der Waals surface area contributed by atoms with Crippen molar-refractivity contribution in [3.63, 3.8) is 0 Å². The predicted molar refractivity (Wildman–Crippen MR) is 124 cm³/mol. The summed E-state index contributed by atoms with van der Waals surface area (Å²) in [5, 5.41) is 2.88. The molecule has 0 radical (unpaired) electrons. The Bertz CT molecular complexity index is 1390. The molecule has 5 rings (SSSR count). The highest BCUT2D eigenvalue weighted by molar-refractivity contribution is 7.89. The SMILES string of the molecule is CC(C(=O)Nc1nc2ccc(S(=O)(=O)N3CCOCC3)cc2s1)N1C(=O)c2ccccc2C1=O. The largest absolute Gasteiger partial charge is 0.379 e. The molecule has 10 nitrogen and oxygen atoms in total. The number of amides is 3. The van der Waals surface area contributed by atoms with Crippen molar-refractivity contribution in [2.45, 2.75) is 17.9 Å². The number of imide groups is 1. The van der Waals surface area contributed by atoms with Gasteiger partial charge in [-0.05, 0) is 37.3 Å². The van der Waals surface area contributed by atoms with Gasteiger partial charge in [0.05, 0.1) is 39.5 Å². The number of aromatic nitrogens is 1. The number of ether oxygens (including phenoxy) is 1. The number of rotatable bonds is 5. The second-order valence-electron chi connectivity index (χ2n) is 7.86. The summed E-state index contributed by atoms with van der Waals surface area (Å²) in [7, 11) is -3.67. The molecule has 176 valence electrons. The van der Waals surface area contributed by atoms with Crippen LogP contribution in [-0.4, -0.2) is 72.7 Å². The maximum Gasteiger partial charge on any atom is 0.262 e. The van der Waals surface area contributed by atoms with Crippen LogP contribution < -0.4 is 5.32 Å². The fraction of sp³-hybridized carbons (Fsp3) is 0.273. The number of hydrogen-bond donors (Lipinski definition) is 1. The molecule has 0 bridgehead atoms. The summed E-state index contributed by atoms with van der Waals surface area (Å²) in [6.07, 6.45) is 0. The van der Waals surface area contributed by atoms with Gasteiger partial charge in [0.15, 0.2) is 5.13 Å². The quantitative estimate of drug-likeness (QED) is 0.531. The Labute approximate surface area is 199 Å². The summed E-state index contributed by atoms with van der Waals surface area (Å²) < 4.78 is 33.0. The van der Waals surface area contributed by atoms with Crippen molar-refractivity contribution >= 4 is 54.4 Å². The lowest BCUT2D eigenvalue weighted by molar-refractivity contribution is -0.119. The molecule has 3 amide bonds. The van der Waals surface area contributed by atoms with Crippen LogP contribution in [0.2, 0.25) is 0 Å². The molecule has 34 heavy (non-hydrogen) atoms. The molecular formula is C22H20N4O6S2. The Hall–Kier alpha value is -3.19. The van der Waals surface area contributed by atoms with Crippen LogP contribution in [-0.2, 0) is 19.6 Å². The Morgan fingerprint density at radius 1 is 1.09 bits per heavy atom. The molecule has 1 N–H and O–H groups in total. The lowest BCUT2D eigenvalue weighted by Gasteiger charge is -2.25. The molecular weight excluding hydrogens is 480 g/mol. The highest BCUT2D eigenvalue weighted by atomic mass is 32.2. The number of nitrogens with one attached hydrogen (secondary N) is 1. The third kappa shape index (κ3) is 3.78. The van der Waals surface area contributed by atoms with E-state index in [-0.39, 0.29) is 21.2 Å². The van der Waals surface area contributed by atoms with Gasteiger partial charge < -0.3 is 10.1 Å². The van der Waals surface area contributed by atoms with Crippen molar-refractivity contribution < 1.29 is 27.5 Å². The van der Waals surface area contributed by atoms with Gasteiger partial charge in [0.25, 0.3) is 11.8 Å². The topological polar surface area (TPSA) is 126 Å². The number of benzene rings is 2. The Morgan fingerprint density at radius 2 is 1.74 bits per heavy atom. The second kappa shape index (κ2) is 8.55. The summed E-state index contributed by atoms with van der Waals surface area (Å²) in [4.78, 5) is 43.6. The van der Waals surface area contributed by atoms with Gasteiger partial charge in [-0.15, -0.1) is 0 Å². The Balaban J connectivity index is 1.35. The third-order valence-electron chi connectivity index (χ3n) is 5.79. The van der Waals surface area contributed by atoms with E-state index < -0.39 is 33.8 Å². The Kier molecular flexibility index (Phi) is 5.68. The van der Waals surface area contributed by atoms with E-state index in [0.29, 0.717) is 36.5 Å². The van der Waals surface area contributed by atoms with Crippen LogP contribution in [0, 0.1) is 0 Å². The van der Waals surface area contributed by atoms with Crippen LogP contribution in [0.15, 0.2) is 47.4 Å². The van der Waals surface area contributed by atoms with E-state index in [9.17, 15) is 22.8 Å². The van der Waals surface area contributed by atoms with E-state index in [2.05, 4.69) is 10.3 Å². The first-order valence-electron chi connectivity index (χ1n) is 10.5. The van der Waals surface area contributed by atoms with E-state index in [1.807, 2.05) is 0 Å². The van der Waals surface area contributed by atoms with Crippen molar-refractivity contribution in [2.75, 3.05) is 31.6 Å². The number of sulfonamides is 1. The zero-order chi connectivity index (χ0) is 24.0. The first-order chi connectivity index (χ1) is 16.3. The molecule has 0 aliphatic carbocycles. The normalized spacial score (nSPS) is 17.7. The highest BCUT2D eigenvalue weighted by Gasteiger charge is 2.40. The summed E-state index contributed by atoms with van der Waals surface area (Å²) in [5.74, 6) is -1.62. The molecule has 1 atom stereocenters. The maximum absolute atomic E-state index is 12.9. The Morgan fingerprint density at radius 3 is 2.38 bits per heavy atom. The molecule has 0 saturated carbocycles. The van der Waals surface area contributed by atoms with Crippen LogP contribution in [0.3, 0.4) is 0 Å². The minimum Gasteiger partial charge on any atom is -0.379 e. The van der Waals surface area contributed by atoms with Gasteiger partial charge in [0.2, 0.25) is 15.9 Å².